The summed E-state index contributed by atoms with van der Waals surface area (Å²) in [6.07, 6.45) is 6.58. The Morgan fingerprint density at radius 2 is 1.89 bits per heavy atom. The summed E-state index contributed by atoms with van der Waals surface area (Å²) in [7, 11) is 3.92. The highest BCUT2D eigenvalue weighted by molar-refractivity contribution is 6.25. The molecule has 1 aliphatic carbocycles. The second-order valence-electron chi connectivity index (χ2n) is 4.42. The predicted molar refractivity (Wildman–Crippen MR) is 75.1 cm³/mol. The van der Waals surface area contributed by atoms with Gasteiger partial charge in [-0.15, -0.1) is 0 Å². The van der Waals surface area contributed by atoms with Gasteiger partial charge in [-0.25, -0.2) is 0 Å². The molecule has 0 fully saturated rings. The fraction of sp³-hybridized carbons (Fsp3) is 0.286. The number of nitrogens with zero attached hydrogens (tertiary/aromatic N) is 3. The van der Waals surface area contributed by atoms with Gasteiger partial charge >= 0.3 is 0 Å². The molecule has 18 heavy (non-hydrogen) atoms. The first-order chi connectivity index (χ1) is 8.60. The number of hydrogen-bond acceptors (Lipinski definition) is 3. The highest BCUT2D eigenvalue weighted by Crippen LogP contribution is 2.30. The molecule has 0 unspecified atom stereocenters. The molecule has 0 spiro atoms. The van der Waals surface area contributed by atoms with Crippen molar-refractivity contribution < 1.29 is 0 Å². The van der Waals surface area contributed by atoms with Crippen LogP contribution in [0.2, 0.25) is 0 Å². The van der Waals surface area contributed by atoms with Crippen LogP contribution >= 0.6 is 11.6 Å². The summed E-state index contributed by atoms with van der Waals surface area (Å²) >= 11 is 6.41. The van der Waals surface area contributed by atoms with Crippen LogP contribution in [0.25, 0.3) is 0 Å². The SMILES string of the molecule is CN(C)[C@]1(Cl)C=CC(N=Nc2ccccc2)=CC1. The molecule has 0 aromatic heterocycles. The van der Waals surface area contributed by atoms with Gasteiger partial charge in [0.05, 0.1) is 11.4 Å². The maximum atomic E-state index is 6.41. The van der Waals surface area contributed by atoms with E-state index >= 15 is 0 Å². The second kappa shape index (κ2) is 5.46. The Morgan fingerprint density at radius 1 is 1.17 bits per heavy atom. The molecular weight excluding hydrogens is 246 g/mol. The maximum absolute atomic E-state index is 6.41. The quantitative estimate of drug-likeness (QED) is 0.457. The Bertz CT molecular complexity index is 491. The van der Waals surface area contributed by atoms with Crippen molar-refractivity contribution in [2.45, 2.75) is 11.4 Å². The molecule has 0 bridgehead atoms. The number of halogens is 1. The normalized spacial score (nSPS) is 23.7. The van der Waals surface area contributed by atoms with Crippen molar-refractivity contribution in [3.63, 3.8) is 0 Å². The fourth-order valence-corrected chi connectivity index (χ4v) is 1.75. The highest BCUT2D eigenvalue weighted by atomic mass is 35.5. The first-order valence-corrected chi connectivity index (χ1v) is 6.20. The van der Waals surface area contributed by atoms with Crippen LogP contribution in [0.3, 0.4) is 0 Å². The van der Waals surface area contributed by atoms with Crippen molar-refractivity contribution in [3.8, 4) is 0 Å². The van der Waals surface area contributed by atoms with Gasteiger partial charge in [-0.05, 0) is 38.4 Å². The summed E-state index contributed by atoms with van der Waals surface area (Å²) in [5.41, 5.74) is 1.69. The van der Waals surface area contributed by atoms with Gasteiger partial charge in [0.25, 0.3) is 0 Å². The van der Waals surface area contributed by atoms with E-state index in [4.69, 9.17) is 11.6 Å². The van der Waals surface area contributed by atoms with E-state index in [9.17, 15) is 0 Å². The van der Waals surface area contributed by atoms with Crippen molar-refractivity contribution in [3.05, 3.63) is 54.3 Å². The molecule has 1 aromatic carbocycles. The topological polar surface area (TPSA) is 28.0 Å². The summed E-state index contributed by atoms with van der Waals surface area (Å²) in [4.78, 5) is 1.54. The summed E-state index contributed by atoms with van der Waals surface area (Å²) in [5, 5.41) is 8.37. The van der Waals surface area contributed by atoms with Gasteiger partial charge in [0.2, 0.25) is 0 Å². The lowest BCUT2D eigenvalue weighted by Crippen LogP contribution is -2.37. The monoisotopic (exact) mass is 261 g/mol. The Hall–Kier alpha value is -1.45. The minimum Gasteiger partial charge on any atom is -0.288 e. The molecule has 0 heterocycles. The minimum atomic E-state index is -0.439. The Balaban J connectivity index is 2.04. The standard InChI is InChI=1S/C14H16ClN3/c1-18(2)14(15)10-8-13(9-11-14)17-16-12-6-4-3-5-7-12/h3-10H,11H2,1-2H3/t14-/m1/s1. The molecule has 0 amide bonds. The van der Waals surface area contributed by atoms with Crippen molar-refractivity contribution in [1.29, 1.82) is 0 Å². The molecular formula is C14H16ClN3. The minimum absolute atomic E-state index is 0.439. The van der Waals surface area contributed by atoms with E-state index in [1.54, 1.807) is 0 Å². The third-order valence-corrected chi connectivity index (χ3v) is 3.51. The van der Waals surface area contributed by atoms with Crippen molar-refractivity contribution in [1.82, 2.24) is 4.90 Å². The van der Waals surface area contributed by atoms with Crippen LogP contribution in [0.15, 0.2) is 64.5 Å². The first-order valence-electron chi connectivity index (χ1n) is 5.83. The zero-order valence-electron chi connectivity index (χ0n) is 10.5. The zero-order chi connectivity index (χ0) is 13.0. The van der Waals surface area contributed by atoms with Gasteiger partial charge in [-0.2, -0.15) is 10.2 Å². The molecule has 0 saturated carbocycles. The second-order valence-corrected chi connectivity index (χ2v) is 5.07. The molecule has 94 valence electrons. The number of likely N-dealkylation sites (N-methyl/N-ethyl adjacent to an activating group) is 1. The molecule has 3 nitrogen and oxygen atoms in total. The van der Waals surface area contributed by atoms with E-state index in [0.29, 0.717) is 0 Å². The summed E-state index contributed by atoms with van der Waals surface area (Å²) in [6, 6.07) is 9.67. The van der Waals surface area contributed by atoms with Gasteiger partial charge in [0, 0.05) is 6.42 Å². The molecule has 0 N–H and O–H groups in total. The fourth-order valence-electron chi connectivity index (χ4n) is 1.61. The van der Waals surface area contributed by atoms with Crippen LogP contribution in [0, 0.1) is 0 Å². The molecule has 0 radical (unpaired) electrons. The number of azo groups is 1. The Morgan fingerprint density at radius 3 is 2.44 bits per heavy atom. The van der Waals surface area contributed by atoms with E-state index in [-0.39, 0.29) is 0 Å². The van der Waals surface area contributed by atoms with E-state index in [1.807, 2.05) is 67.6 Å². The summed E-state index contributed by atoms with van der Waals surface area (Å²) in [6.45, 7) is 0. The van der Waals surface area contributed by atoms with Gasteiger partial charge in [-0.1, -0.05) is 35.9 Å². The summed E-state index contributed by atoms with van der Waals surface area (Å²) in [5.74, 6) is 0. The molecule has 0 saturated heterocycles. The molecule has 1 atom stereocenters. The van der Waals surface area contributed by atoms with Crippen LogP contribution in [-0.2, 0) is 0 Å². The Kier molecular flexibility index (Phi) is 3.94. The average molecular weight is 262 g/mol. The number of benzene rings is 1. The number of allylic oxidation sites excluding steroid dienone is 1. The Labute approximate surface area is 112 Å². The lowest BCUT2D eigenvalue weighted by atomic mass is 10.1. The third kappa shape index (κ3) is 3.06. The average Bonchev–Trinajstić information content (AvgIpc) is 2.39. The lowest BCUT2D eigenvalue weighted by Gasteiger charge is -2.31. The number of hydrogen-bond donors (Lipinski definition) is 0. The van der Waals surface area contributed by atoms with Crippen LogP contribution in [-0.4, -0.2) is 24.0 Å². The van der Waals surface area contributed by atoms with E-state index < -0.39 is 5.00 Å². The lowest BCUT2D eigenvalue weighted by molar-refractivity contribution is 0.300. The number of alkyl halides is 1. The van der Waals surface area contributed by atoms with Crippen LogP contribution in [0.1, 0.15) is 6.42 Å². The zero-order valence-corrected chi connectivity index (χ0v) is 11.3. The molecule has 4 heteroatoms. The van der Waals surface area contributed by atoms with Gasteiger partial charge < -0.3 is 0 Å². The van der Waals surface area contributed by atoms with Crippen LogP contribution in [0.5, 0.6) is 0 Å². The van der Waals surface area contributed by atoms with Crippen LogP contribution < -0.4 is 0 Å². The number of rotatable bonds is 3. The molecule has 1 aromatic rings. The van der Waals surface area contributed by atoms with Crippen LogP contribution in [0.4, 0.5) is 5.69 Å². The summed E-state index contributed by atoms with van der Waals surface area (Å²) < 4.78 is 0. The highest BCUT2D eigenvalue weighted by Gasteiger charge is 2.27. The van der Waals surface area contributed by atoms with E-state index in [1.165, 1.54) is 0 Å². The molecule has 1 aliphatic rings. The van der Waals surface area contributed by atoms with Gasteiger partial charge in [-0.3, -0.25) is 4.90 Å². The van der Waals surface area contributed by atoms with Crippen molar-refractivity contribution in [2.75, 3.05) is 14.1 Å². The molecule has 2 rings (SSSR count). The predicted octanol–water partition coefficient (Wildman–Crippen LogP) is 4.11. The largest absolute Gasteiger partial charge is 0.288 e. The van der Waals surface area contributed by atoms with E-state index in [0.717, 1.165) is 17.8 Å². The van der Waals surface area contributed by atoms with Gasteiger partial charge in [0.1, 0.15) is 5.00 Å². The van der Waals surface area contributed by atoms with Crippen molar-refractivity contribution in [2.24, 2.45) is 10.2 Å². The third-order valence-electron chi connectivity index (χ3n) is 2.89. The molecule has 0 aliphatic heterocycles. The van der Waals surface area contributed by atoms with E-state index in [2.05, 4.69) is 10.2 Å². The maximum Gasteiger partial charge on any atom is 0.118 e. The van der Waals surface area contributed by atoms with Gasteiger partial charge in [0.15, 0.2) is 0 Å². The van der Waals surface area contributed by atoms with Crippen molar-refractivity contribution >= 4 is 17.3 Å². The first kappa shape index (κ1) is 13.0. The smallest absolute Gasteiger partial charge is 0.118 e.